The molecule has 0 radical (unpaired) electrons. The van der Waals surface area contributed by atoms with E-state index in [1.807, 2.05) is 7.05 Å². The second-order valence-electron chi connectivity index (χ2n) is 1.36. The van der Waals surface area contributed by atoms with E-state index in [9.17, 15) is 0 Å². The van der Waals surface area contributed by atoms with Crippen LogP contribution in [0.15, 0.2) is 0 Å². The van der Waals surface area contributed by atoms with Gasteiger partial charge in [0.15, 0.2) is 0 Å². The zero-order valence-electron chi connectivity index (χ0n) is 3.77. The molecule has 0 saturated heterocycles. The summed E-state index contributed by atoms with van der Waals surface area (Å²) >= 11 is 1.76. The van der Waals surface area contributed by atoms with Crippen molar-refractivity contribution in [3.8, 4) is 5.31 Å². The number of hydrogen-bond acceptors (Lipinski definition) is 1. The van der Waals surface area contributed by atoms with Crippen LogP contribution in [-0.4, -0.2) is 24.2 Å². The minimum atomic E-state index is 1.17. The Bertz CT molecular complexity index is 99.9. The lowest BCUT2D eigenvalue weighted by atomic mass is 10.7. The Kier molecular flexibility index (Phi) is 1.10. The number of hydrogen-bond donors (Lipinski definition) is 0. The molecular weight excluding hydrogens is 94.1 g/mol. The van der Waals surface area contributed by atoms with Crippen molar-refractivity contribution in [3.63, 3.8) is 0 Å². The molecule has 0 unspecified atom stereocenters. The summed E-state index contributed by atoms with van der Waals surface area (Å²) in [5.41, 5.74) is 0. The molecule has 0 spiro atoms. The highest BCUT2D eigenvalue weighted by Crippen LogP contribution is 1.93. The van der Waals surface area contributed by atoms with E-state index < -0.39 is 0 Å². The first-order valence-electron chi connectivity index (χ1n) is 1.98. The molecule has 0 saturated carbocycles. The van der Waals surface area contributed by atoms with Gasteiger partial charge in [-0.2, -0.15) is 0 Å². The normalized spacial score (nSPS) is 21.5. The van der Waals surface area contributed by atoms with Crippen molar-refractivity contribution >= 4 is 11.2 Å². The molecule has 1 rings (SSSR count). The van der Waals surface area contributed by atoms with Crippen molar-refractivity contribution in [2.45, 2.75) is 0 Å². The van der Waals surface area contributed by atoms with E-state index in [4.69, 9.17) is 0 Å². The van der Waals surface area contributed by atoms with Gasteiger partial charge >= 0.3 is 0 Å². The Labute approximate surface area is 41.6 Å². The zero-order valence-corrected chi connectivity index (χ0v) is 4.59. The van der Waals surface area contributed by atoms with Crippen molar-refractivity contribution in [3.05, 3.63) is 0 Å². The number of rotatable bonds is 0. The van der Waals surface area contributed by atoms with Gasteiger partial charge in [0.2, 0.25) is 0 Å². The first-order chi connectivity index (χ1) is 2.89. The molecule has 0 amide bonds. The molecule has 0 N–H and O–H groups in total. The third-order valence-electron chi connectivity index (χ3n) is 0.749. The highest BCUT2D eigenvalue weighted by atomic mass is 32.1. The van der Waals surface area contributed by atoms with Gasteiger partial charge in [-0.3, -0.25) is 0 Å². The third-order valence-corrected chi connectivity index (χ3v) is 1.58. The van der Waals surface area contributed by atoms with Crippen LogP contribution in [0.3, 0.4) is 0 Å². The Hall–Kier alpha value is -0.0400. The summed E-state index contributed by atoms with van der Waals surface area (Å²) in [6.45, 7) is 1.17. The smallest absolute Gasteiger partial charge is 0.0329 e. The lowest BCUT2D eigenvalue weighted by Crippen LogP contribution is -2.08. The minimum absolute atomic E-state index is 1.17. The lowest BCUT2D eigenvalue weighted by Gasteiger charge is -1.95. The van der Waals surface area contributed by atoms with Crippen LogP contribution in [-0.2, 0) is 0 Å². The van der Waals surface area contributed by atoms with Gasteiger partial charge in [0, 0.05) is 12.3 Å². The zero-order chi connectivity index (χ0) is 4.41. The van der Waals surface area contributed by atoms with Crippen LogP contribution in [0.5, 0.6) is 0 Å². The average Bonchev–Trinajstić information content (AvgIpc) is 1.86. The molecule has 1 nitrogen and oxygen atoms in total. The van der Waals surface area contributed by atoms with Crippen LogP contribution in [0, 0.1) is 5.31 Å². The van der Waals surface area contributed by atoms with Gasteiger partial charge in [-0.05, 0) is 12.4 Å². The third kappa shape index (κ3) is 0.716. The highest BCUT2D eigenvalue weighted by molar-refractivity contribution is 7.88. The molecule has 0 aliphatic carbocycles. The summed E-state index contributed by atoms with van der Waals surface area (Å²) in [6, 6.07) is 0. The summed E-state index contributed by atoms with van der Waals surface area (Å²) in [5.74, 6) is 1.22. The molecule has 34 valence electrons. The van der Waals surface area contributed by atoms with Gasteiger partial charge in [-0.25, -0.2) is 4.90 Å². The first kappa shape index (κ1) is 4.13. The maximum Gasteiger partial charge on any atom is 0.0329 e. The highest BCUT2D eigenvalue weighted by Gasteiger charge is 1.93. The molecule has 0 bridgehead atoms. The molecule has 1 heterocycles. The molecule has 0 atom stereocenters. The molecular formula is C4H7NS. The van der Waals surface area contributed by atoms with Crippen LogP contribution in [0.4, 0.5) is 0 Å². The van der Waals surface area contributed by atoms with Crippen molar-refractivity contribution in [2.24, 2.45) is 0 Å². The fraction of sp³-hybridized carbons (Fsp3) is 0.750. The molecule has 1 aliphatic rings. The first-order valence-corrected chi connectivity index (χ1v) is 2.97. The Morgan fingerprint density at radius 3 is 2.83 bits per heavy atom. The summed E-state index contributed by atoms with van der Waals surface area (Å²) in [6.07, 6.45) is 0. The second-order valence-corrected chi connectivity index (χ2v) is 2.24. The van der Waals surface area contributed by atoms with Crippen molar-refractivity contribution in [2.75, 3.05) is 19.3 Å². The molecule has 1 aliphatic heterocycles. The Morgan fingerprint density at radius 2 is 2.67 bits per heavy atom. The monoisotopic (exact) mass is 101 g/mol. The predicted octanol–water partition coefficient (Wildman–Crippen LogP) is 0.582. The fourth-order valence-electron chi connectivity index (χ4n) is 0.384. The van der Waals surface area contributed by atoms with Crippen molar-refractivity contribution in [1.29, 1.82) is 0 Å². The van der Waals surface area contributed by atoms with E-state index in [-0.39, 0.29) is 0 Å². The summed E-state index contributed by atoms with van der Waals surface area (Å²) < 4.78 is 0. The van der Waals surface area contributed by atoms with Gasteiger partial charge in [-0.1, -0.05) is 0 Å². The molecule has 2 heteroatoms. The van der Waals surface area contributed by atoms with Crippen molar-refractivity contribution < 1.29 is 0 Å². The average molecular weight is 101 g/mol. The minimum Gasteiger partial charge on any atom is -0.236 e. The van der Waals surface area contributed by atoms with Crippen LogP contribution < -0.4 is 0 Å². The van der Waals surface area contributed by atoms with Crippen LogP contribution >= 0.6 is 11.2 Å². The van der Waals surface area contributed by atoms with E-state index in [1.54, 1.807) is 11.2 Å². The van der Waals surface area contributed by atoms with E-state index in [1.165, 1.54) is 12.3 Å². The molecule has 0 aromatic heterocycles. The largest absolute Gasteiger partial charge is 0.236 e. The summed E-state index contributed by atoms with van der Waals surface area (Å²) in [4.78, 5) is 2.07. The summed E-state index contributed by atoms with van der Waals surface area (Å²) in [7, 11) is 2.04. The van der Waals surface area contributed by atoms with Gasteiger partial charge in [0.25, 0.3) is 0 Å². The maximum absolute atomic E-state index is 3.07. The second kappa shape index (κ2) is 1.61. The van der Waals surface area contributed by atoms with Gasteiger partial charge in [0.1, 0.15) is 0 Å². The molecule has 0 aromatic carbocycles. The SMILES string of the molecule is CN1C#SCC1. The van der Waals surface area contributed by atoms with E-state index in [0.29, 0.717) is 0 Å². The van der Waals surface area contributed by atoms with Crippen LogP contribution in [0.25, 0.3) is 0 Å². The quantitative estimate of drug-likeness (QED) is 0.431. The maximum atomic E-state index is 3.07. The number of nitrogens with zero attached hydrogens (tertiary/aromatic N) is 1. The van der Waals surface area contributed by atoms with Crippen molar-refractivity contribution in [1.82, 2.24) is 4.90 Å². The Balaban J connectivity index is 2.45. The Morgan fingerprint density at radius 1 is 1.83 bits per heavy atom. The molecule has 6 heavy (non-hydrogen) atoms. The van der Waals surface area contributed by atoms with Gasteiger partial charge < -0.3 is 0 Å². The van der Waals surface area contributed by atoms with E-state index in [0.717, 1.165) is 0 Å². The molecule has 0 fully saturated rings. The standard InChI is InChI=1S/C4H7NS/c1-5-2-3-6-4-5/h2-3H2,1H3. The van der Waals surface area contributed by atoms with E-state index >= 15 is 0 Å². The van der Waals surface area contributed by atoms with Crippen LogP contribution in [0.1, 0.15) is 0 Å². The molecule has 0 aromatic rings. The lowest BCUT2D eigenvalue weighted by molar-refractivity contribution is 0.529. The van der Waals surface area contributed by atoms with Crippen LogP contribution in [0.2, 0.25) is 0 Å². The summed E-state index contributed by atoms with van der Waals surface area (Å²) in [5, 5.41) is 3.07. The fourth-order valence-corrected chi connectivity index (χ4v) is 1.15. The van der Waals surface area contributed by atoms with Gasteiger partial charge in [-0.15, -0.1) is 11.2 Å². The van der Waals surface area contributed by atoms with Gasteiger partial charge in [0.05, 0.1) is 0 Å². The topological polar surface area (TPSA) is 3.24 Å². The van der Waals surface area contributed by atoms with E-state index in [2.05, 4.69) is 10.2 Å². The predicted molar refractivity (Wildman–Crippen MR) is 29.0 cm³/mol.